The zero-order valence-corrected chi connectivity index (χ0v) is 16.7. The molecule has 4 rings (SSSR count). The second kappa shape index (κ2) is 8.77. The number of piperidine rings is 1. The molecule has 0 aliphatic carbocycles. The lowest BCUT2D eigenvalue weighted by atomic mass is 9.96. The molecule has 1 aliphatic rings. The first kappa shape index (κ1) is 19.6. The first-order chi connectivity index (χ1) is 14.6. The summed E-state index contributed by atoms with van der Waals surface area (Å²) < 4.78 is 5.13. The highest BCUT2D eigenvalue weighted by Gasteiger charge is 2.29. The Hall–Kier alpha value is -3.68. The van der Waals surface area contributed by atoms with Gasteiger partial charge in [-0.1, -0.05) is 0 Å². The summed E-state index contributed by atoms with van der Waals surface area (Å²) >= 11 is 0. The van der Waals surface area contributed by atoms with E-state index in [-0.39, 0.29) is 17.7 Å². The molecule has 1 saturated heterocycles. The van der Waals surface area contributed by atoms with Gasteiger partial charge in [-0.3, -0.25) is 19.7 Å². The highest BCUT2D eigenvalue weighted by molar-refractivity contribution is 5.95. The van der Waals surface area contributed by atoms with Crippen molar-refractivity contribution in [2.24, 2.45) is 5.92 Å². The predicted octanol–water partition coefficient (Wildman–Crippen LogP) is 2.97. The van der Waals surface area contributed by atoms with Gasteiger partial charge in [0.2, 0.25) is 5.91 Å². The van der Waals surface area contributed by atoms with Crippen LogP contribution < -0.4 is 10.1 Å². The number of aromatic amines is 1. The number of hydrogen-bond acceptors (Lipinski definition) is 5. The molecule has 8 nitrogen and oxygen atoms in total. The van der Waals surface area contributed by atoms with Gasteiger partial charge in [-0.25, -0.2) is 0 Å². The van der Waals surface area contributed by atoms with Crippen molar-refractivity contribution in [3.05, 3.63) is 60.6 Å². The maximum atomic E-state index is 12.9. The molecule has 2 aromatic heterocycles. The molecule has 30 heavy (non-hydrogen) atoms. The lowest BCUT2D eigenvalue weighted by Crippen LogP contribution is -2.43. The molecule has 8 heteroatoms. The van der Waals surface area contributed by atoms with Gasteiger partial charge in [0, 0.05) is 36.7 Å². The summed E-state index contributed by atoms with van der Waals surface area (Å²) in [4.78, 5) is 31.4. The standard InChI is InChI=1S/C22H23N5O3/c1-30-18-6-4-17(5-7-18)24-21(28)16-3-2-12-27(14-16)22(29)20-13-19(25-26-20)15-8-10-23-11-9-15/h4-11,13,16H,2-3,12,14H2,1H3,(H,24,28)(H,25,26). The predicted molar refractivity (Wildman–Crippen MR) is 112 cm³/mol. The Kier molecular flexibility index (Phi) is 5.74. The molecule has 0 bridgehead atoms. The summed E-state index contributed by atoms with van der Waals surface area (Å²) in [6.07, 6.45) is 4.89. The Morgan fingerprint density at radius 1 is 1.17 bits per heavy atom. The fraction of sp³-hybridized carbons (Fsp3) is 0.273. The van der Waals surface area contributed by atoms with Gasteiger partial charge in [0.25, 0.3) is 5.91 Å². The van der Waals surface area contributed by atoms with Crippen LogP contribution in [0.4, 0.5) is 5.69 Å². The number of aromatic nitrogens is 3. The quantitative estimate of drug-likeness (QED) is 0.680. The fourth-order valence-corrected chi connectivity index (χ4v) is 3.57. The van der Waals surface area contributed by atoms with Crippen LogP contribution in [0.2, 0.25) is 0 Å². The van der Waals surface area contributed by atoms with Crippen molar-refractivity contribution in [1.82, 2.24) is 20.1 Å². The van der Waals surface area contributed by atoms with Gasteiger partial charge < -0.3 is 15.0 Å². The van der Waals surface area contributed by atoms with Crippen molar-refractivity contribution < 1.29 is 14.3 Å². The van der Waals surface area contributed by atoms with E-state index in [0.717, 1.165) is 24.2 Å². The zero-order chi connectivity index (χ0) is 20.9. The number of nitrogens with one attached hydrogen (secondary N) is 2. The number of amides is 2. The van der Waals surface area contributed by atoms with Crippen LogP contribution in [0.3, 0.4) is 0 Å². The monoisotopic (exact) mass is 405 g/mol. The second-order valence-corrected chi connectivity index (χ2v) is 7.21. The van der Waals surface area contributed by atoms with Crippen molar-refractivity contribution >= 4 is 17.5 Å². The molecular weight excluding hydrogens is 382 g/mol. The van der Waals surface area contributed by atoms with E-state index in [1.807, 2.05) is 12.1 Å². The summed E-state index contributed by atoms with van der Waals surface area (Å²) in [5, 5.41) is 9.99. The molecule has 1 atom stereocenters. The summed E-state index contributed by atoms with van der Waals surface area (Å²) in [5.41, 5.74) is 2.69. The summed E-state index contributed by atoms with van der Waals surface area (Å²) in [5.74, 6) is 0.241. The number of anilines is 1. The van der Waals surface area contributed by atoms with Crippen molar-refractivity contribution in [1.29, 1.82) is 0 Å². The average Bonchev–Trinajstić information content (AvgIpc) is 3.30. The summed E-state index contributed by atoms with van der Waals surface area (Å²) in [7, 11) is 1.60. The Morgan fingerprint density at radius 2 is 1.93 bits per heavy atom. The van der Waals surface area contributed by atoms with Gasteiger partial charge in [0.15, 0.2) is 0 Å². The molecule has 1 aliphatic heterocycles. The number of H-pyrrole nitrogens is 1. The van der Waals surface area contributed by atoms with E-state index in [4.69, 9.17) is 4.74 Å². The molecule has 3 aromatic rings. The number of carbonyl (C=O) groups excluding carboxylic acids is 2. The van der Waals surface area contributed by atoms with Crippen LogP contribution in [-0.4, -0.2) is 52.1 Å². The number of hydrogen-bond donors (Lipinski definition) is 2. The third-order valence-electron chi connectivity index (χ3n) is 5.22. The van der Waals surface area contributed by atoms with Gasteiger partial charge in [0.05, 0.1) is 18.7 Å². The first-order valence-corrected chi connectivity index (χ1v) is 9.84. The minimum atomic E-state index is -0.257. The molecule has 0 radical (unpaired) electrons. The minimum absolute atomic E-state index is 0.0836. The molecule has 154 valence electrons. The topological polar surface area (TPSA) is 100 Å². The molecule has 1 fully saturated rings. The number of benzene rings is 1. The molecule has 1 unspecified atom stereocenters. The maximum Gasteiger partial charge on any atom is 0.271 e. The van der Waals surface area contributed by atoms with Crippen molar-refractivity contribution in [2.45, 2.75) is 12.8 Å². The van der Waals surface area contributed by atoms with Crippen molar-refractivity contribution in [3.63, 3.8) is 0 Å². The van der Waals surface area contributed by atoms with Gasteiger partial charge in [-0.05, 0) is 55.3 Å². The van der Waals surface area contributed by atoms with Crippen LogP contribution in [0.25, 0.3) is 11.3 Å². The van der Waals surface area contributed by atoms with Gasteiger partial charge in [0.1, 0.15) is 11.4 Å². The highest BCUT2D eigenvalue weighted by atomic mass is 16.5. The lowest BCUT2D eigenvalue weighted by molar-refractivity contribution is -0.121. The van der Waals surface area contributed by atoms with E-state index in [9.17, 15) is 9.59 Å². The Balaban J connectivity index is 1.40. The van der Waals surface area contributed by atoms with Crippen LogP contribution in [0.1, 0.15) is 23.3 Å². The molecule has 1 aromatic carbocycles. The zero-order valence-electron chi connectivity index (χ0n) is 16.7. The Morgan fingerprint density at radius 3 is 2.67 bits per heavy atom. The number of methoxy groups -OCH3 is 1. The van der Waals surface area contributed by atoms with Gasteiger partial charge in [-0.15, -0.1) is 0 Å². The van der Waals surface area contributed by atoms with Crippen LogP contribution in [-0.2, 0) is 4.79 Å². The number of likely N-dealkylation sites (tertiary alicyclic amines) is 1. The largest absolute Gasteiger partial charge is 0.497 e. The fourth-order valence-electron chi connectivity index (χ4n) is 3.57. The van der Waals surface area contributed by atoms with Crippen molar-refractivity contribution in [2.75, 3.05) is 25.5 Å². The van der Waals surface area contributed by atoms with Crippen LogP contribution in [0.5, 0.6) is 5.75 Å². The Bertz CT molecular complexity index is 1020. The summed E-state index contributed by atoms with van der Waals surface area (Å²) in [6, 6.07) is 12.6. The highest BCUT2D eigenvalue weighted by Crippen LogP contribution is 2.23. The number of ether oxygens (including phenoxy) is 1. The van der Waals surface area contributed by atoms with Crippen LogP contribution >= 0.6 is 0 Å². The number of carbonyl (C=O) groups is 2. The third kappa shape index (κ3) is 4.32. The molecule has 2 N–H and O–H groups in total. The van der Waals surface area contributed by atoms with E-state index in [1.165, 1.54) is 0 Å². The number of rotatable bonds is 5. The minimum Gasteiger partial charge on any atom is -0.497 e. The van der Waals surface area contributed by atoms with Crippen LogP contribution in [0, 0.1) is 5.92 Å². The second-order valence-electron chi connectivity index (χ2n) is 7.21. The van der Waals surface area contributed by atoms with E-state index in [2.05, 4.69) is 20.5 Å². The third-order valence-corrected chi connectivity index (χ3v) is 5.22. The maximum absolute atomic E-state index is 12.9. The van der Waals surface area contributed by atoms with Gasteiger partial charge >= 0.3 is 0 Å². The van der Waals surface area contributed by atoms with Gasteiger partial charge in [-0.2, -0.15) is 5.10 Å². The first-order valence-electron chi connectivity index (χ1n) is 9.84. The molecule has 0 saturated carbocycles. The normalized spacial score (nSPS) is 16.2. The molecule has 3 heterocycles. The van der Waals surface area contributed by atoms with E-state index in [0.29, 0.717) is 30.2 Å². The number of pyridine rings is 1. The number of nitrogens with zero attached hydrogens (tertiary/aromatic N) is 3. The van der Waals surface area contributed by atoms with E-state index < -0.39 is 0 Å². The smallest absolute Gasteiger partial charge is 0.271 e. The average molecular weight is 405 g/mol. The SMILES string of the molecule is COc1ccc(NC(=O)C2CCCN(C(=O)c3cc(-c4ccncc4)n[nH]3)C2)cc1. The van der Waals surface area contributed by atoms with Crippen molar-refractivity contribution in [3.8, 4) is 17.0 Å². The Labute approximate surface area is 174 Å². The molecular formula is C22H23N5O3. The van der Waals surface area contributed by atoms with Crippen LogP contribution in [0.15, 0.2) is 54.9 Å². The lowest BCUT2D eigenvalue weighted by Gasteiger charge is -2.31. The van der Waals surface area contributed by atoms with E-state index >= 15 is 0 Å². The molecule has 2 amide bonds. The van der Waals surface area contributed by atoms with E-state index in [1.54, 1.807) is 54.7 Å². The molecule has 0 spiro atoms. The summed E-state index contributed by atoms with van der Waals surface area (Å²) in [6.45, 7) is 0.999.